The number of nitrogens with one attached hydrogen (secondary N) is 1. The minimum atomic E-state index is 1.03. The predicted molar refractivity (Wildman–Crippen MR) is 91.3 cm³/mol. The van der Waals surface area contributed by atoms with Gasteiger partial charge in [-0.2, -0.15) is 0 Å². The van der Waals surface area contributed by atoms with Crippen molar-refractivity contribution < 1.29 is 0 Å². The van der Waals surface area contributed by atoms with Crippen LogP contribution in [-0.4, -0.2) is 13.1 Å². The molecule has 0 spiro atoms. The summed E-state index contributed by atoms with van der Waals surface area (Å²) in [5.74, 6) is 1.03. The summed E-state index contributed by atoms with van der Waals surface area (Å²) in [5, 5.41) is 3.52. The van der Waals surface area contributed by atoms with Crippen LogP contribution in [0.25, 0.3) is 0 Å². The Kier molecular flexibility index (Phi) is 12.5. The second kappa shape index (κ2) is 13.9. The van der Waals surface area contributed by atoms with Gasteiger partial charge in [0.25, 0.3) is 0 Å². The van der Waals surface area contributed by atoms with E-state index in [0.29, 0.717) is 0 Å². The second-order valence-electron chi connectivity index (χ2n) is 6.87. The molecule has 0 aromatic carbocycles. The Balaban J connectivity index is 1.76. The largest absolute Gasteiger partial charge is 0.317 e. The summed E-state index contributed by atoms with van der Waals surface area (Å²) in [4.78, 5) is 0. The molecular formula is C19H39N. The zero-order valence-electron chi connectivity index (χ0n) is 14.1. The van der Waals surface area contributed by atoms with E-state index >= 15 is 0 Å². The molecule has 1 heteroatoms. The van der Waals surface area contributed by atoms with Gasteiger partial charge in [0.15, 0.2) is 0 Å². The molecule has 0 aromatic heterocycles. The topological polar surface area (TPSA) is 12.0 Å². The van der Waals surface area contributed by atoms with Crippen molar-refractivity contribution in [1.29, 1.82) is 0 Å². The molecule has 0 aliphatic carbocycles. The number of rotatable bonds is 12. The Bertz CT molecular complexity index is 182. The van der Waals surface area contributed by atoms with E-state index in [9.17, 15) is 0 Å². The third-order valence-corrected chi connectivity index (χ3v) is 4.91. The fourth-order valence-electron chi connectivity index (χ4n) is 3.48. The molecule has 1 nitrogen and oxygen atoms in total. The smallest absolute Gasteiger partial charge is 0.00463 e. The van der Waals surface area contributed by atoms with Gasteiger partial charge in [-0.25, -0.2) is 0 Å². The number of unbranched alkanes of at least 4 members (excludes halogenated alkanes) is 10. The lowest BCUT2D eigenvalue weighted by molar-refractivity contribution is 0.412. The number of hydrogen-bond donors (Lipinski definition) is 1. The first-order chi connectivity index (χ1) is 9.93. The average Bonchev–Trinajstić information content (AvgIpc) is 2.73. The Morgan fingerprint density at radius 1 is 0.700 bits per heavy atom. The Morgan fingerprint density at radius 3 is 1.95 bits per heavy atom. The van der Waals surface area contributed by atoms with Crippen LogP contribution in [0.15, 0.2) is 0 Å². The first kappa shape index (κ1) is 18.0. The van der Waals surface area contributed by atoms with Crippen molar-refractivity contribution in [3.63, 3.8) is 0 Å². The molecule has 0 aromatic rings. The maximum absolute atomic E-state index is 3.52. The summed E-state index contributed by atoms with van der Waals surface area (Å²) in [5.41, 5.74) is 0. The lowest BCUT2D eigenvalue weighted by Crippen LogP contribution is -2.14. The van der Waals surface area contributed by atoms with Crippen molar-refractivity contribution in [2.75, 3.05) is 13.1 Å². The SMILES string of the molecule is CCCCCCCCCCCCCC1CCCNCC1. The van der Waals surface area contributed by atoms with Gasteiger partial charge in [-0.15, -0.1) is 0 Å². The van der Waals surface area contributed by atoms with Crippen LogP contribution in [0.4, 0.5) is 0 Å². The van der Waals surface area contributed by atoms with Crippen molar-refractivity contribution in [3.05, 3.63) is 0 Å². The zero-order chi connectivity index (χ0) is 14.3. The molecule has 1 heterocycles. The first-order valence-electron chi connectivity index (χ1n) is 9.64. The highest BCUT2D eigenvalue weighted by molar-refractivity contribution is 4.66. The zero-order valence-corrected chi connectivity index (χ0v) is 14.1. The molecule has 1 rings (SSSR count). The molecule has 1 unspecified atom stereocenters. The van der Waals surface area contributed by atoms with E-state index in [1.807, 2.05) is 0 Å². The van der Waals surface area contributed by atoms with Gasteiger partial charge in [0.2, 0.25) is 0 Å². The molecule has 0 amide bonds. The third-order valence-electron chi connectivity index (χ3n) is 4.91. The minimum absolute atomic E-state index is 1.03. The average molecular weight is 282 g/mol. The second-order valence-corrected chi connectivity index (χ2v) is 6.87. The van der Waals surface area contributed by atoms with Crippen molar-refractivity contribution in [1.82, 2.24) is 5.32 Å². The van der Waals surface area contributed by atoms with Crippen molar-refractivity contribution in [2.24, 2.45) is 5.92 Å². The van der Waals surface area contributed by atoms with Crippen LogP contribution in [0.3, 0.4) is 0 Å². The van der Waals surface area contributed by atoms with Gasteiger partial charge in [-0.3, -0.25) is 0 Å². The highest BCUT2D eigenvalue weighted by Gasteiger charge is 2.10. The molecule has 0 radical (unpaired) electrons. The van der Waals surface area contributed by atoms with E-state index in [0.717, 1.165) is 5.92 Å². The Labute approximate surface area is 128 Å². The summed E-state index contributed by atoms with van der Waals surface area (Å²) in [6.45, 7) is 4.82. The Morgan fingerprint density at radius 2 is 1.30 bits per heavy atom. The molecule has 1 N–H and O–H groups in total. The fraction of sp³-hybridized carbons (Fsp3) is 1.00. The third kappa shape index (κ3) is 10.7. The van der Waals surface area contributed by atoms with E-state index in [1.165, 1.54) is 109 Å². The van der Waals surface area contributed by atoms with E-state index in [2.05, 4.69) is 12.2 Å². The first-order valence-corrected chi connectivity index (χ1v) is 9.64. The van der Waals surface area contributed by atoms with E-state index < -0.39 is 0 Å². The summed E-state index contributed by atoms with van der Waals surface area (Å²) >= 11 is 0. The monoisotopic (exact) mass is 281 g/mol. The standard InChI is InChI=1S/C19H39N/c1-2-3-4-5-6-7-8-9-10-11-12-14-19-15-13-17-20-18-16-19/h19-20H,2-18H2,1H3. The Hall–Kier alpha value is -0.0400. The van der Waals surface area contributed by atoms with E-state index in [-0.39, 0.29) is 0 Å². The van der Waals surface area contributed by atoms with Crippen molar-refractivity contribution in [2.45, 2.75) is 103 Å². The van der Waals surface area contributed by atoms with Gasteiger partial charge >= 0.3 is 0 Å². The highest BCUT2D eigenvalue weighted by atomic mass is 14.8. The molecule has 1 aliphatic rings. The summed E-state index contributed by atoms with van der Waals surface area (Å²) < 4.78 is 0. The van der Waals surface area contributed by atoms with Crippen LogP contribution >= 0.6 is 0 Å². The van der Waals surface area contributed by atoms with Gasteiger partial charge < -0.3 is 5.32 Å². The predicted octanol–water partition coefficient (Wildman–Crippen LogP) is 6.08. The van der Waals surface area contributed by atoms with Crippen LogP contribution in [0.2, 0.25) is 0 Å². The summed E-state index contributed by atoms with van der Waals surface area (Å²) in [6, 6.07) is 0. The van der Waals surface area contributed by atoms with Gasteiger partial charge in [0, 0.05) is 0 Å². The van der Waals surface area contributed by atoms with Crippen LogP contribution in [0.1, 0.15) is 103 Å². The molecular weight excluding hydrogens is 242 g/mol. The van der Waals surface area contributed by atoms with Crippen molar-refractivity contribution in [3.8, 4) is 0 Å². The van der Waals surface area contributed by atoms with Crippen LogP contribution in [-0.2, 0) is 0 Å². The maximum atomic E-state index is 3.52. The van der Waals surface area contributed by atoms with E-state index in [4.69, 9.17) is 0 Å². The van der Waals surface area contributed by atoms with Gasteiger partial charge in [0.05, 0.1) is 0 Å². The summed E-state index contributed by atoms with van der Waals surface area (Å²) in [7, 11) is 0. The quantitative estimate of drug-likeness (QED) is 0.428. The lowest BCUT2D eigenvalue weighted by Gasteiger charge is -2.12. The van der Waals surface area contributed by atoms with Crippen LogP contribution in [0.5, 0.6) is 0 Å². The summed E-state index contributed by atoms with van der Waals surface area (Å²) in [6.07, 6.45) is 22.0. The van der Waals surface area contributed by atoms with Crippen LogP contribution in [0, 0.1) is 5.92 Å². The van der Waals surface area contributed by atoms with Gasteiger partial charge in [-0.05, 0) is 38.3 Å². The normalized spacial score (nSPS) is 19.9. The van der Waals surface area contributed by atoms with Crippen molar-refractivity contribution >= 4 is 0 Å². The molecule has 1 aliphatic heterocycles. The molecule has 20 heavy (non-hydrogen) atoms. The van der Waals surface area contributed by atoms with Gasteiger partial charge in [-0.1, -0.05) is 84.0 Å². The minimum Gasteiger partial charge on any atom is -0.317 e. The molecule has 0 bridgehead atoms. The molecule has 0 saturated carbocycles. The molecule has 1 fully saturated rings. The number of hydrogen-bond acceptors (Lipinski definition) is 1. The fourth-order valence-corrected chi connectivity index (χ4v) is 3.48. The molecule has 1 saturated heterocycles. The highest BCUT2D eigenvalue weighted by Crippen LogP contribution is 2.21. The maximum Gasteiger partial charge on any atom is -0.00463 e. The van der Waals surface area contributed by atoms with E-state index in [1.54, 1.807) is 0 Å². The lowest BCUT2D eigenvalue weighted by atomic mass is 9.93. The van der Waals surface area contributed by atoms with Gasteiger partial charge in [0.1, 0.15) is 0 Å². The molecule has 1 atom stereocenters. The molecule has 120 valence electrons. The van der Waals surface area contributed by atoms with Crippen LogP contribution < -0.4 is 5.32 Å².